The van der Waals surface area contributed by atoms with Gasteiger partial charge in [-0.05, 0) is 38.1 Å². The highest BCUT2D eigenvalue weighted by atomic mass is 16.5. The first-order chi connectivity index (χ1) is 12.2. The highest BCUT2D eigenvalue weighted by molar-refractivity contribution is 5.93. The number of benzene rings is 1. The quantitative estimate of drug-likeness (QED) is 0.661. The van der Waals surface area contributed by atoms with E-state index in [9.17, 15) is 0 Å². The minimum Gasteiger partial charge on any atom is -0.490 e. The van der Waals surface area contributed by atoms with Crippen LogP contribution in [0.4, 0.5) is 5.69 Å². The molecule has 0 bridgehead atoms. The van der Waals surface area contributed by atoms with Gasteiger partial charge in [-0.3, -0.25) is 4.98 Å². The number of guanidine groups is 1. The van der Waals surface area contributed by atoms with E-state index < -0.39 is 0 Å². The molecule has 1 aromatic heterocycles. The first-order valence-electron chi connectivity index (χ1n) is 8.62. The van der Waals surface area contributed by atoms with Crippen LogP contribution >= 0.6 is 0 Å². The molecule has 1 aliphatic heterocycles. The van der Waals surface area contributed by atoms with Crippen LogP contribution in [0.2, 0.25) is 0 Å². The van der Waals surface area contributed by atoms with Gasteiger partial charge in [0.15, 0.2) is 17.5 Å². The van der Waals surface area contributed by atoms with Gasteiger partial charge in [0.05, 0.1) is 25.5 Å². The summed E-state index contributed by atoms with van der Waals surface area (Å²) in [5.74, 6) is 2.26. The Morgan fingerprint density at radius 1 is 1.16 bits per heavy atom. The third-order valence-electron chi connectivity index (χ3n) is 3.70. The number of hydrogen-bond donors (Lipinski definition) is 2. The summed E-state index contributed by atoms with van der Waals surface area (Å²) < 4.78 is 11.4. The number of rotatable bonds is 4. The Kier molecular flexibility index (Phi) is 5.72. The molecule has 25 heavy (non-hydrogen) atoms. The monoisotopic (exact) mass is 340 g/mol. The Balaban J connectivity index is 1.73. The fourth-order valence-electron chi connectivity index (χ4n) is 2.53. The van der Waals surface area contributed by atoms with Crippen molar-refractivity contribution in [3.8, 4) is 11.5 Å². The number of hydrogen-bond acceptors (Lipinski definition) is 4. The van der Waals surface area contributed by atoms with Crippen LogP contribution in [0.3, 0.4) is 0 Å². The summed E-state index contributed by atoms with van der Waals surface area (Å²) in [7, 11) is 0. The van der Waals surface area contributed by atoms with Crippen LogP contribution in [-0.2, 0) is 6.54 Å². The average molecular weight is 340 g/mol. The highest BCUT2D eigenvalue weighted by Gasteiger charge is 2.11. The maximum absolute atomic E-state index is 5.74. The highest BCUT2D eigenvalue weighted by Crippen LogP contribution is 2.32. The lowest BCUT2D eigenvalue weighted by molar-refractivity contribution is 0.297. The van der Waals surface area contributed by atoms with Gasteiger partial charge in [0.2, 0.25) is 0 Å². The molecule has 6 nitrogen and oxygen atoms in total. The van der Waals surface area contributed by atoms with Crippen molar-refractivity contribution >= 4 is 11.6 Å². The van der Waals surface area contributed by atoms with Crippen molar-refractivity contribution in [3.63, 3.8) is 0 Å². The molecule has 0 saturated heterocycles. The van der Waals surface area contributed by atoms with E-state index in [-0.39, 0.29) is 0 Å². The standard InChI is InChI=1S/C19H24N4O2/c1-3-20-19(21-13-16-7-4-6-14(2)22-16)23-15-8-9-17-18(12-15)25-11-5-10-24-17/h4,6-9,12H,3,5,10-11,13H2,1-2H3,(H2,20,21,23). The van der Waals surface area contributed by atoms with Crippen LogP contribution < -0.4 is 20.1 Å². The molecule has 1 aromatic carbocycles. The molecule has 0 spiro atoms. The van der Waals surface area contributed by atoms with Crippen molar-refractivity contribution in [1.82, 2.24) is 10.3 Å². The molecule has 2 N–H and O–H groups in total. The number of nitrogens with one attached hydrogen (secondary N) is 2. The largest absolute Gasteiger partial charge is 0.490 e. The third-order valence-corrected chi connectivity index (χ3v) is 3.70. The Morgan fingerprint density at radius 2 is 2.00 bits per heavy atom. The second kappa shape index (κ2) is 8.37. The van der Waals surface area contributed by atoms with E-state index in [1.54, 1.807) is 0 Å². The molecule has 3 rings (SSSR count). The Morgan fingerprint density at radius 3 is 2.80 bits per heavy atom. The molecule has 2 heterocycles. The molecule has 0 amide bonds. The van der Waals surface area contributed by atoms with Crippen molar-refractivity contribution in [2.45, 2.75) is 26.8 Å². The summed E-state index contributed by atoms with van der Waals surface area (Å²) in [5, 5.41) is 6.56. The van der Waals surface area contributed by atoms with Gasteiger partial charge in [0.1, 0.15) is 0 Å². The second-order valence-corrected chi connectivity index (χ2v) is 5.80. The van der Waals surface area contributed by atoms with Crippen LogP contribution in [0.5, 0.6) is 11.5 Å². The van der Waals surface area contributed by atoms with Gasteiger partial charge in [-0.25, -0.2) is 4.99 Å². The summed E-state index contributed by atoms with van der Waals surface area (Å²) in [6.07, 6.45) is 0.894. The lowest BCUT2D eigenvalue weighted by atomic mass is 10.2. The zero-order valence-electron chi connectivity index (χ0n) is 14.7. The van der Waals surface area contributed by atoms with Crippen molar-refractivity contribution < 1.29 is 9.47 Å². The number of anilines is 1. The van der Waals surface area contributed by atoms with Gasteiger partial charge in [0, 0.05) is 30.4 Å². The van der Waals surface area contributed by atoms with Crippen molar-refractivity contribution in [1.29, 1.82) is 0 Å². The normalized spacial score (nSPS) is 13.9. The second-order valence-electron chi connectivity index (χ2n) is 5.80. The molecule has 2 aromatic rings. The Labute approximate surface area is 148 Å². The van der Waals surface area contributed by atoms with Crippen molar-refractivity contribution in [3.05, 3.63) is 47.8 Å². The number of pyridine rings is 1. The first kappa shape index (κ1) is 17.1. The molecule has 0 saturated carbocycles. The molecule has 0 aliphatic carbocycles. The predicted molar refractivity (Wildman–Crippen MR) is 99.5 cm³/mol. The summed E-state index contributed by atoms with van der Waals surface area (Å²) >= 11 is 0. The van der Waals surface area contributed by atoms with Crippen LogP contribution in [0.1, 0.15) is 24.7 Å². The van der Waals surface area contributed by atoms with E-state index in [0.29, 0.717) is 25.7 Å². The van der Waals surface area contributed by atoms with Crippen molar-refractivity contribution in [2.24, 2.45) is 4.99 Å². The van der Waals surface area contributed by atoms with E-state index in [1.165, 1.54) is 0 Å². The number of aromatic nitrogens is 1. The zero-order valence-corrected chi connectivity index (χ0v) is 14.7. The number of fused-ring (bicyclic) bond motifs is 1. The van der Waals surface area contributed by atoms with E-state index in [2.05, 4.69) is 20.6 Å². The van der Waals surface area contributed by atoms with Gasteiger partial charge in [-0.1, -0.05) is 6.07 Å². The number of aliphatic imine (C=N–C) groups is 1. The third kappa shape index (κ3) is 4.86. The number of ether oxygens (including phenoxy) is 2. The maximum atomic E-state index is 5.74. The Bertz CT molecular complexity index is 746. The zero-order chi connectivity index (χ0) is 17.5. The smallest absolute Gasteiger partial charge is 0.196 e. The number of nitrogens with zero attached hydrogens (tertiary/aromatic N) is 2. The fourth-order valence-corrected chi connectivity index (χ4v) is 2.53. The van der Waals surface area contributed by atoms with E-state index >= 15 is 0 Å². The molecule has 6 heteroatoms. The summed E-state index contributed by atoms with van der Waals surface area (Å²) in [6.45, 7) is 6.67. The van der Waals surface area contributed by atoms with Crippen LogP contribution in [0, 0.1) is 6.92 Å². The van der Waals surface area contributed by atoms with Gasteiger partial charge in [0.25, 0.3) is 0 Å². The van der Waals surface area contributed by atoms with E-state index in [4.69, 9.17) is 9.47 Å². The Hall–Kier alpha value is -2.76. The molecule has 132 valence electrons. The molecule has 0 atom stereocenters. The average Bonchev–Trinajstić information content (AvgIpc) is 2.85. The molecule has 1 aliphatic rings. The maximum Gasteiger partial charge on any atom is 0.196 e. The SMILES string of the molecule is CCNC(=NCc1cccc(C)n1)Nc1ccc2c(c1)OCCCO2. The van der Waals surface area contributed by atoms with Crippen molar-refractivity contribution in [2.75, 3.05) is 25.1 Å². The fraction of sp³-hybridized carbons (Fsp3) is 0.368. The summed E-state index contributed by atoms with van der Waals surface area (Å²) in [4.78, 5) is 9.09. The molecule has 0 radical (unpaired) electrons. The summed E-state index contributed by atoms with van der Waals surface area (Å²) in [6, 6.07) is 11.8. The van der Waals surface area contributed by atoms with Crippen LogP contribution in [0.25, 0.3) is 0 Å². The van der Waals surface area contributed by atoms with E-state index in [1.807, 2.05) is 50.2 Å². The van der Waals surface area contributed by atoms with Gasteiger partial charge >= 0.3 is 0 Å². The minimum atomic E-state index is 0.515. The van der Waals surface area contributed by atoms with Gasteiger partial charge < -0.3 is 20.1 Å². The van der Waals surface area contributed by atoms with E-state index in [0.717, 1.165) is 41.5 Å². The first-order valence-corrected chi connectivity index (χ1v) is 8.62. The van der Waals surface area contributed by atoms with Gasteiger partial charge in [-0.15, -0.1) is 0 Å². The minimum absolute atomic E-state index is 0.515. The lowest BCUT2D eigenvalue weighted by Crippen LogP contribution is -2.30. The summed E-state index contributed by atoms with van der Waals surface area (Å²) in [5.41, 5.74) is 2.84. The molecular formula is C19H24N4O2. The molecule has 0 fully saturated rings. The van der Waals surface area contributed by atoms with Crippen LogP contribution in [0.15, 0.2) is 41.4 Å². The topological polar surface area (TPSA) is 67.8 Å². The van der Waals surface area contributed by atoms with Gasteiger partial charge in [-0.2, -0.15) is 0 Å². The number of aryl methyl sites for hydroxylation is 1. The van der Waals surface area contributed by atoms with Crippen LogP contribution in [-0.4, -0.2) is 30.7 Å². The molecular weight excluding hydrogens is 316 g/mol. The molecule has 0 unspecified atom stereocenters. The predicted octanol–water partition coefficient (Wildman–Crippen LogP) is 3.13. The lowest BCUT2D eigenvalue weighted by Gasteiger charge is -2.13.